The van der Waals surface area contributed by atoms with Gasteiger partial charge in [-0.15, -0.1) is 0 Å². The molecule has 1 N–H and O–H groups in total. The summed E-state index contributed by atoms with van der Waals surface area (Å²) in [5, 5.41) is 2.71. The van der Waals surface area contributed by atoms with Crippen molar-refractivity contribution >= 4 is 12.0 Å². The number of amides is 2. The van der Waals surface area contributed by atoms with Crippen LogP contribution in [-0.2, 0) is 14.3 Å². The van der Waals surface area contributed by atoms with Gasteiger partial charge in [0.15, 0.2) is 6.04 Å². The molecule has 0 spiro atoms. The topological polar surface area (TPSA) is 67.9 Å². The van der Waals surface area contributed by atoms with E-state index in [1.54, 1.807) is 17.0 Å². The molecule has 0 aromatic heterocycles. The first kappa shape index (κ1) is 14.3. The lowest BCUT2D eigenvalue weighted by molar-refractivity contribution is -0.143. The molecular weight excluding hydrogens is 260 g/mol. The van der Waals surface area contributed by atoms with E-state index in [1.165, 1.54) is 7.11 Å². The van der Waals surface area contributed by atoms with Crippen molar-refractivity contribution < 1.29 is 19.1 Å². The summed E-state index contributed by atoms with van der Waals surface area (Å²) >= 11 is 0. The maximum atomic E-state index is 12.2. The predicted octanol–water partition coefficient (Wildman–Crippen LogP) is 0.942. The smallest absolute Gasteiger partial charge is 0.333 e. The van der Waals surface area contributed by atoms with E-state index in [9.17, 15) is 9.59 Å². The minimum atomic E-state index is -0.795. The van der Waals surface area contributed by atoms with Gasteiger partial charge in [0.05, 0.1) is 20.3 Å². The highest BCUT2D eigenvalue weighted by Crippen LogP contribution is 2.14. The van der Waals surface area contributed by atoms with Crippen LogP contribution >= 0.6 is 0 Å². The highest BCUT2D eigenvalue weighted by Gasteiger charge is 2.26. The summed E-state index contributed by atoms with van der Waals surface area (Å²) in [7, 11) is 1.30. The number of hydrogen-bond acceptors (Lipinski definition) is 4. The number of morpholine rings is 1. The second-order valence-electron chi connectivity index (χ2n) is 4.42. The van der Waals surface area contributed by atoms with E-state index in [1.807, 2.05) is 18.2 Å². The summed E-state index contributed by atoms with van der Waals surface area (Å²) in [5.74, 6) is -0.488. The molecule has 6 heteroatoms. The van der Waals surface area contributed by atoms with Crippen molar-refractivity contribution in [2.45, 2.75) is 6.04 Å². The van der Waals surface area contributed by atoms with E-state index in [4.69, 9.17) is 9.47 Å². The maximum Gasteiger partial charge on any atom is 0.333 e. The Kier molecular flexibility index (Phi) is 4.95. The van der Waals surface area contributed by atoms with Gasteiger partial charge < -0.3 is 19.7 Å². The minimum absolute atomic E-state index is 0.285. The molecule has 108 valence electrons. The van der Waals surface area contributed by atoms with Gasteiger partial charge in [0, 0.05) is 13.1 Å². The van der Waals surface area contributed by atoms with Crippen molar-refractivity contribution in [1.29, 1.82) is 0 Å². The summed E-state index contributed by atoms with van der Waals surface area (Å²) < 4.78 is 9.95. The summed E-state index contributed by atoms with van der Waals surface area (Å²) in [4.78, 5) is 25.6. The second-order valence-corrected chi connectivity index (χ2v) is 4.42. The molecule has 0 radical (unpaired) electrons. The molecule has 1 aliphatic rings. The SMILES string of the molecule is COC(=O)[C@H](NC(=O)N1CCOCC1)c1ccccc1. The molecule has 0 aliphatic carbocycles. The van der Waals surface area contributed by atoms with Gasteiger partial charge in [-0.05, 0) is 5.56 Å². The van der Waals surface area contributed by atoms with Gasteiger partial charge in [0.2, 0.25) is 0 Å². The quantitative estimate of drug-likeness (QED) is 0.836. The van der Waals surface area contributed by atoms with Crippen LogP contribution in [0.3, 0.4) is 0 Å². The standard InChI is InChI=1S/C14H18N2O4/c1-19-13(17)12(11-5-3-2-4-6-11)15-14(18)16-7-9-20-10-8-16/h2-6,12H,7-10H2,1H3,(H,15,18)/t12-/m1/s1. The third-order valence-corrected chi connectivity index (χ3v) is 3.14. The number of methoxy groups -OCH3 is 1. The van der Waals surface area contributed by atoms with Crippen molar-refractivity contribution in [3.05, 3.63) is 35.9 Å². The highest BCUT2D eigenvalue weighted by molar-refractivity contribution is 5.84. The van der Waals surface area contributed by atoms with Gasteiger partial charge in [-0.2, -0.15) is 0 Å². The van der Waals surface area contributed by atoms with E-state index < -0.39 is 12.0 Å². The highest BCUT2D eigenvalue weighted by atomic mass is 16.5. The Morgan fingerprint density at radius 2 is 1.90 bits per heavy atom. The summed E-state index contributed by atoms with van der Waals surface area (Å²) in [6.45, 7) is 2.08. The lowest BCUT2D eigenvalue weighted by Crippen LogP contribution is -2.48. The van der Waals surface area contributed by atoms with Crippen LogP contribution in [0, 0.1) is 0 Å². The van der Waals surface area contributed by atoms with Gasteiger partial charge >= 0.3 is 12.0 Å². The zero-order chi connectivity index (χ0) is 14.4. The fraction of sp³-hybridized carbons (Fsp3) is 0.429. The van der Waals surface area contributed by atoms with Crippen molar-refractivity contribution in [3.63, 3.8) is 0 Å². The Morgan fingerprint density at radius 3 is 2.50 bits per heavy atom. The average Bonchev–Trinajstić information content (AvgIpc) is 2.53. The number of carbonyl (C=O) groups is 2. The Morgan fingerprint density at radius 1 is 1.25 bits per heavy atom. The molecule has 1 saturated heterocycles. The molecule has 0 bridgehead atoms. The van der Waals surface area contributed by atoms with Crippen LogP contribution in [0.5, 0.6) is 0 Å². The Labute approximate surface area is 117 Å². The molecule has 1 atom stereocenters. The molecule has 0 unspecified atom stereocenters. The molecule has 2 amide bonds. The van der Waals surface area contributed by atoms with E-state index in [2.05, 4.69) is 5.32 Å². The maximum absolute atomic E-state index is 12.2. The number of rotatable bonds is 3. The largest absolute Gasteiger partial charge is 0.467 e. The molecule has 1 aromatic carbocycles. The average molecular weight is 278 g/mol. The number of hydrogen-bond donors (Lipinski definition) is 1. The van der Waals surface area contributed by atoms with Gasteiger partial charge in [0.1, 0.15) is 0 Å². The molecule has 2 rings (SSSR count). The third-order valence-electron chi connectivity index (χ3n) is 3.14. The molecule has 1 aromatic rings. The van der Waals surface area contributed by atoms with Crippen molar-refractivity contribution in [2.75, 3.05) is 33.4 Å². The minimum Gasteiger partial charge on any atom is -0.467 e. The molecule has 0 saturated carbocycles. The van der Waals surface area contributed by atoms with Gasteiger partial charge in [-0.1, -0.05) is 30.3 Å². The fourth-order valence-electron chi connectivity index (χ4n) is 2.02. The number of carbonyl (C=O) groups excluding carboxylic acids is 2. The summed E-state index contributed by atoms with van der Waals surface area (Å²) in [5.41, 5.74) is 0.695. The first-order chi connectivity index (χ1) is 9.72. The Bertz CT molecular complexity index is 458. The van der Waals surface area contributed by atoms with Crippen LogP contribution in [0.1, 0.15) is 11.6 Å². The first-order valence-electron chi connectivity index (χ1n) is 6.48. The predicted molar refractivity (Wildman–Crippen MR) is 72.1 cm³/mol. The molecule has 20 heavy (non-hydrogen) atoms. The number of ether oxygens (including phenoxy) is 2. The number of nitrogens with one attached hydrogen (secondary N) is 1. The monoisotopic (exact) mass is 278 g/mol. The lowest BCUT2D eigenvalue weighted by Gasteiger charge is -2.28. The van der Waals surface area contributed by atoms with Gasteiger partial charge in [-0.25, -0.2) is 9.59 Å². The van der Waals surface area contributed by atoms with Crippen LogP contribution in [0.2, 0.25) is 0 Å². The number of benzene rings is 1. The van der Waals surface area contributed by atoms with Crippen molar-refractivity contribution in [2.24, 2.45) is 0 Å². The van der Waals surface area contributed by atoms with E-state index in [0.29, 0.717) is 31.9 Å². The Hall–Kier alpha value is -2.08. The van der Waals surface area contributed by atoms with Crippen LogP contribution < -0.4 is 5.32 Å². The third kappa shape index (κ3) is 3.48. The van der Waals surface area contributed by atoms with Crippen LogP contribution in [0.25, 0.3) is 0 Å². The van der Waals surface area contributed by atoms with Crippen LogP contribution in [0.15, 0.2) is 30.3 Å². The number of urea groups is 1. The van der Waals surface area contributed by atoms with Crippen molar-refractivity contribution in [3.8, 4) is 0 Å². The number of esters is 1. The normalized spacial score (nSPS) is 16.4. The molecule has 6 nitrogen and oxygen atoms in total. The first-order valence-corrected chi connectivity index (χ1v) is 6.48. The van der Waals surface area contributed by atoms with Crippen molar-refractivity contribution in [1.82, 2.24) is 10.2 Å². The van der Waals surface area contributed by atoms with Gasteiger partial charge in [0.25, 0.3) is 0 Å². The molecular formula is C14H18N2O4. The van der Waals surface area contributed by atoms with E-state index in [-0.39, 0.29) is 6.03 Å². The number of nitrogens with zero attached hydrogens (tertiary/aromatic N) is 1. The van der Waals surface area contributed by atoms with E-state index >= 15 is 0 Å². The van der Waals surface area contributed by atoms with Crippen LogP contribution in [-0.4, -0.2) is 50.3 Å². The summed E-state index contributed by atoms with van der Waals surface area (Å²) in [6, 6.07) is 7.95. The van der Waals surface area contributed by atoms with E-state index in [0.717, 1.165) is 0 Å². The lowest BCUT2D eigenvalue weighted by atomic mass is 10.1. The Balaban J connectivity index is 2.08. The summed E-state index contributed by atoms with van der Waals surface area (Å²) in [6.07, 6.45) is 0. The molecule has 1 aliphatic heterocycles. The fourth-order valence-corrected chi connectivity index (χ4v) is 2.02. The second kappa shape index (κ2) is 6.91. The molecule has 1 heterocycles. The van der Waals surface area contributed by atoms with Crippen LogP contribution in [0.4, 0.5) is 4.79 Å². The zero-order valence-electron chi connectivity index (χ0n) is 11.4. The zero-order valence-corrected chi connectivity index (χ0v) is 11.4. The van der Waals surface area contributed by atoms with Gasteiger partial charge in [-0.3, -0.25) is 0 Å². The molecule has 1 fully saturated rings.